The molecule has 8 nitrogen and oxygen atoms in total. The normalized spacial score (nSPS) is 14.2. The van der Waals surface area contributed by atoms with Gasteiger partial charge in [-0.2, -0.15) is 0 Å². The fourth-order valence-electron chi connectivity index (χ4n) is 3.67. The van der Waals surface area contributed by atoms with Crippen LogP contribution in [0, 0.1) is 0 Å². The van der Waals surface area contributed by atoms with E-state index in [9.17, 15) is 18.0 Å². The van der Waals surface area contributed by atoms with E-state index in [0.717, 1.165) is 32.1 Å². The van der Waals surface area contributed by atoms with E-state index in [2.05, 4.69) is 15.4 Å². The Labute approximate surface area is 188 Å². The molecule has 172 valence electrons. The number of carbonyl (C=O) groups excluding carboxylic acids is 2. The van der Waals surface area contributed by atoms with Gasteiger partial charge in [0.15, 0.2) is 0 Å². The Kier molecular flexibility index (Phi) is 7.87. The summed E-state index contributed by atoms with van der Waals surface area (Å²) in [5, 5.41) is 5.50. The van der Waals surface area contributed by atoms with Gasteiger partial charge in [-0.3, -0.25) is 9.59 Å². The highest BCUT2D eigenvalue weighted by molar-refractivity contribution is 7.89. The largest absolute Gasteiger partial charge is 0.495 e. The van der Waals surface area contributed by atoms with Gasteiger partial charge in [-0.05, 0) is 49.6 Å². The molecule has 0 spiro atoms. The Balaban J connectivity index is 1.85. The third-order valence-corrected chi connectivity index (χ3v) is 6.89. The van der Waals surface area contributed by atoms with Crippen molar-refractivity contribution in [2.45, 2.75) is 50.0 Å². The Morgan fingerprint density at radius 1 is 1.06 bits per heavy atom. The number of sulfonamides is 1. The standard InChI is InChI=1S/C23H29N3O5S/c1-3-14-24-23(28)18-10-6-7-11-19(18)25-22(27)16-12-13-20(31-2)21(15-16)32(29,30)26-17-8-4-5-9-17/h6-7,10-13,15,17,26H,3-5,8-9,14H2,1-2H3,(H,24,28)(H,25,27). The molecule has 1 saturated carbocycles. The lowest BCUT2D eigenvalue weighted by Gasteiger charge is -2.16. The van der Waals surface area contributed by atoms with Crippen LogP contribution >= 0.6 is 0 Å². The van der Waals surface area contributed by atoms with Gasteiger partial charge in [-0.15, -0.1) is 0 Å². The third kappa shape index (κ3) is 5.66. The van der Waals surface area contributed by atoms with Gasteiger partial charge in [-0.25, -0.2) is 13.1 Å². The van der Waals surface area contributed by atoms with Crippen LogP contribution in [0.2, 0.25) is 0 Å². The summed E-state index contributed by atoms with van der Waals surface area (Å²) in [4.78, 5) is 25.2. The molecule has 0 aliphatic heterocycles. The second kappa shape index (κ2) is 10.6. The van der Waals surface area contributed by atoms with Crippen molar-refractivity contribution in [1.29, 1.82) is 0 Å². The minimum Gasteiger partial charge on any atom is -0.495 e. The molecule has 2 amide bonds. The van der Waals surface area contributed by atoms with Crippen LogP contribution in [0.15, 0.2) is 47.4 Å². The third-order valence-electron chi connectivity index (χ3n) is 5.35. The van der Waals surface area contributed by atoms with Crippen molar-refractivity contribution in [3.05, 3.63) is 53.6 Å². The highest BCUT2D eigenvalue weighted by Crippen LogP contribution is 2.28. The first-order chi connectivity index (χ1) is 15.4. The first-order valence-corrected chi connectivity index (χ1v) is 12.2. The number of benzene rings is 2. The van der Waals surface area contributed by atoms with Crippen LogP contribution in [0.1, 0.15) is 59.7 Å². The zero-order valence-corrected chi connectivity index (χ0v) is 19.1. The predicted molar refractivity (Wildman–Crippen MR) is 123 cm³/mol. The summed E-state index contributed by atoms with van der Waals surface area (Å²) in [6.45, 7) is 2.47. The molecule has 0 heterocycles. The lowest BCUT2D eigenvalue weighted by atomic mass is 10.1. The Hall–Kier alpha value is -2.91. The van der Waals surface area contributed by atoms with Gasteiger partial charge in [0.1, 0.15) is 10.6 Å². The molecule has 0 unspecified atom stereocenters. The Morgan fingerprint density at radius 2 is 1.78 bits per heavy atom. The van der Waals surface area contributed by atoms with E-state index in [0.29, 0.717) is 17.8 Å². The van der Waals surface area contributed by atoms with Gasteiger partial charge in [0.05, 0.1) is 18.4 Å². The fraction of sp³-hybridized carbons (Fsp3) is 0.391. The zero-order chi connectivity index (χ0) is 23.1. The summed E-state index contributed by atoms with van der Waals surface area (Å²) < 4.78 is 33.9. The lowest BCUT2D eigenvalue weighted by molar-refractivity contribution is 0.0954. The van der Waals surface area contributed by atoms with Gasteiger partial charge in [-0.1, -0.05) is 31.9 Å². The number of carbonyl (C=O) groups is 2. The summed E-state index contributed by atoms with van der Waals surface area (Å²) >= 11 is 0. The first kappa shape index (κ1) is 23.7. The van der Waals surface area contributed by atoms with Crippen LogP contribution in [-0.4, -0.2) is 39.9 Å². The maximum atomic E-state index is 13.0. The van der Waals surface area contributed by atoms with Crippen molar-refractivity contribution >= 4 is 27.5 Å². The van der Waals surface area contributed by atoms with Crippen molar-refractivity contribution in [3.8, 4) is 5.75 Å². The maximum Gasteiger partial charge on any atom is 0.255 e. The first-order valence-electron chi connectivity index (χ1n) is 10.7. The van der Waals surface area contributed by atoms with Gasteiger partial charge in [0.2, 0.25) is 10.0 Å². The highest BCUT2D eigenvalue weighted by Gasteiger charge is 2.27. The average molecular weight is 460 g/mol. The number of hydrogen-bond donors (Lipinski definition) is 3. The summed E-state index contributed by atoms with van der Waals surface area (Å²) in [7, 11) is -2.48. The highest BCUT2D eigenvalue weighted by atomic mass is 32.2. The Morgan fingerprint density at radius 3 is 2.47 bits per heavy atom. The smallest absolute Gasteiger partial charge is 0.255 e. The van der Waals surface area contributed by atoms with E-state index in [1.807, 2.05) is 6.92 Å². The minimum absolute atomic E-state index is 0.0893. The van der Waals surface area contributed by atoms with Gasteiger partial charge >= 0.3 is 0 Å². The lowest BCUT2D eigenvalue weighted by Crippen LogP contribution is -2.33. The number of para-hydroxylation sites is 1. The van der Waals surface area contributed by atoms with Crippen molar-refractivity contribution in [2.24, 2.45) is 0 Å². The van der Waals surface area contributed by atoms with E-state index < -0.39 is 15.9 Å². The number of methoxy groups -OCH3 is 1. The monoisotopic (exact) mass is 459 g/mol. The topological polar surface area (TPSA) is 114 Å². The number of anilines is 1. The number of nitrogens with one attached hydrogen (secondary N) is 3. The minimum atomic E-state index is -3.87. The number of amides is 2. The number of rotatable bonds is 9. The molecule has 0 aromatic heterocycles. The van der Waals surface area contributed by atoms with Gasteiger partial charge in [0, 0.05) is 18.2 Å². The molecule has 1 aliphatic rings. The van der Waals surface area contributed by atoms with Crippen LogP contribution in [-0.2, 0) is 10.0 Å². The fourth-order valence-corrected chi connectivity index (χ4v) is 5.17. The van der Waals surface area contributed by atoms with Crippen LogP contribution in [0.25, 0.3) is 0 Å². The van der Waals surface area contributed by atoms with E-state index >= 15 is 0 Å². The molecule has 2 aromatic rings. The molecular formula is C23H29N3O5S. The molecule has 0 atom stereocenters. The van der Waals surface area contributed by atoms with Gasteiger partial charge < -0.3 is 15.4 Å². The van der Waals surface area contributed by atoms with Gasteiger partial charge in [0.25, 0.3) is 11.8 Å². The number of ether oxygens (including phenoxy) is 1. The summed E-state index contributed by atoms with van der Waals surface area (Å²) in [5.74, 6) is -0.659. The van der Waals surface area contributed by atoms with Crippen molar-refractivity contribution in [3.63, 3.8) is 0 Å². The SMILES string of the molecule is CCCNC(=O)c1ccccc1NC(=O)c1ccc(OC)c(S(=O)(=O)NC2CCCC2)c1. The zero-order valence-electron chi connectivity index (χ0n) is 18.3. The quantitative estimate of drug-likeness (QED) is 0.532. The van der Waals surface area contributed by atoms with Crippen LogP contribution in [0.5, 0.6) is 5.75 Å². The molecule has 3 rings (SSSR count). The molecule has 0 radical (unpaired) electrons. The predicted octanol–water partition coefficient (Wildman–Crippen LogP) is 3.31. The second-order valence-corrected chi connectivity index (χ2v) is 9.41. The van der Waals surface area contributed by atoms with Crippen LogP contribution in [0.3, 0.4) is 0 Å². The molecule has 9 heteroatoms. The average Bonchev–Trinajstić information content (AvgIpc) is 3.29. The molecular weight excluding hydrogens is 430 g/mol. The molecule has 1 fully saturated rings. The maximum absolute atomic E-state index is 13.0. The molecule has 2 aromatic carbocycles. The van der Waals surface area contributed by atoms with Crippen LogP contribution in [0.4, 0.5) is 5.69 Å². The molecule has 0 saturated heterocycles. The summed E-state index contributed by atoms with van der Waals surface area (Å²) in [6, 6.07) is 10.8. The van der Waals surface area contributed by atoms with Crippen molar-refractivity contribution in [2.75, 3.05) is 19.0 Å². The van der Waals surface area contributed by atoms with E-state index in [1.54, 1.807) is 24.3 Å². The molecule has 3 N–H and O–H groups in total. The summed E-state index contributed by atoms with van der Waals surface area (Å²) in [5.41, 5.74) is 0.815. The van der Waals surface area contributed by atoms with E-state index in [-0.39, 0.29) is 28.2 Å². The molecule has 32 heavy (non-hydrogen) atoms. The Bertz CT molecular complexity index is 1080. The van der Waals surface area contributed by atoms with E-state index in [4.69, 9.17) is 4.74 Å². The molecule has 0 bridgehead atoms. The second-order valence-electron chi connectivity index (χ2n) is 7.72. The van der Waals surface area contributed by atoms with E-state index in [1.165, 1.54) is 25.3 Å². The number of hydrogen-bond acceptors (Lipinski definition) is 5. The molecule has 1 aliphatic carbocycles. The van der Waals surface area contributed by atoms with Crippen molar-refractivity contribution in [1.82, 2.24) is 10.0 Å². The summed E-state index contributed by atoms with van der Waals surface area (Å²) in [6.07, 6.45) is 4.34. The van der Waals surface area contributed by atoms with Crippen LogP contribution < -0.4 is 20.1 Å². The van der Waals surface area contributed by atoms with Crippen molar-refractivity contribution < 1.29 is 22.7 Å².